The summed E-state index contributed by atoms with van der Waals surface area (Å²) in [7, 11) is 0. The summed E-state index contributed by atoms with van der Waals surface area (Å²) < 4.78 is 4.88. The number of rotatable bonds is 2. The summed E-state index contributed by atoms with van der Waals surface area (Å²) in [6.07, 6.45) is 2.92. The third-order valence-corrected chi connectivity index (χ3v) is 2.27. The zero-order valence-corrected chi connectivity index (χ0v) is 7.45. The molecule has 1 fully saturated rings. The van der Waals surface area contributed by atoms with E-state index in [2.05, 4.69) is 0 Å². The highest BCUT2D eigenvalue weighted by Gasteiger charge is 2.26. The molecule has 2 atom stereocenters. The van der Waals surface area contributed by atoms with Gasteiger partial charge in [-0.3, -0.25) is 4.79 Å². The van der Waals surface area contributed by atoms with Crippen LogP contribution in [0.4, 0.5) is 0 Å². The number of ether oxygens (including phenoxy) is 1. The molecule has 0 unspecified atom stereocenters. The van der Waals surface area contributed by atoms with Crippen LogP contribution in [0.5, 0.6) is 0 Å². The van der Waals surface area contributed by atoms with Gasteiger partial charge in [-0.25, -0.2) is 0 Å². The van der Waals surface area contributed by atoms with Gasteiger partial charge < -0.3 is 9.84 Å². The lowest BCUT2D eigenvalue weighted by Gasteiger charge is -2.23. The third kappa shape index (κ3) is 2.48. The van der Waals surface area contributed by atoms with E-state index in [0.29, 0.717) is 13.0 Å². The van der Waals surface area contributed by atoms with Crippen LogP contribution >= 0.6 is 0 Å². The maximum Gasteiger partial charge on any atom is 0.309 e. The largest absolute Gasteiger partial charge is 0.466 e. The van der Waals surface area contributed by atoms with E-state index in [-0.39, 0.29) is 18.0 Å². The highest BCUT2D eigenvalue weighted by molar-refractivity contribution is 5.72. The number of aliphatic hydroxyl groups excluding tert-OH is 1. The average Bonchev–Trinajstić information content (AvgIpc) is 2.05. The Morgan fingerprint density at radius 2 is 2.33 bits per heavy atom. The van der Waals surface area contributed by atoms with Gasteiger partial charge in [-0.05, 0) is 26.2 Å². The topological polar surface area (TPSA) is 46.5 Å². The molecular weight excluding hydrogens is 156 g/mol. The van der Waals surface area contributed by atoms with Crippen LogP contribution in [0.3, 0.4) is 0 Å². The first-order chi connectivity index (χ1) is 5.74. The lowest BCUT2D eigenvalue weighted by molar-refractivity contribution is -0.150. The zero-order chi connectivity index (χ0) is 8.97. The molecule has 70 valence electrons. The van der Waals surface area contributed by atoms with Crippen molar-refractivity contribution >= 4 is 5.97 Å². The van der Waals surface area contributed by atoms with Gasteiger partial charge in [0.25, 0.3) is 0 Å². The Morgan fingerprint density at radius 3 is 2.92 bits per heavy atom. The van der Waals surface area contributed by atoms with Crippen molar-refractivity contribution in [2.45, 2.75) is 38.7 Å². The van der Waals surface area contributed by atoms with E-state index in [1.165, 1.54) is 0 Å². The molecule has 12 heavy (non-hydrogen) atoms. The molecule has 0 saturated heterocycles. The quantitative estimate of drug-likeness (QED) is 0.634. The minimum absolute atomic E-state index is 0.0614. The molecule has 1 N–H and O–H groups in total. The molecule has 0 aliphatic heterocycles. The lowest BCUT2D eigenvalue weighted by atomic mass is 9.87. The minimum atomic E-state index is -0.298. The van der Waals surface area contributed by atoms with E-state index in [0.717, 1.165) is 19.3 Å². The molecule has 0 bridgehead atoms. The summed E-state index contributed by atoms with van der Waals surface area (Å²) in [6.45, 7) is 2.24. The molecule has 1 aliphatic carbocycles. The summed E-state index contributed by atoms with van der Waals surface area (Å²) in [5, 5.41) is 9.29. The standard InChI is InChI=1S/C9H16O3/c1-2-12-9(11)7-4-3-5-8(10)6-7/h7-8,10H,2-6H2,1H3/t7-,8+/m1/s1. The molecule has 1 saturated carbocycles. The van der Waals surface area contributed by atoms with Crippen molar-refractivity contribution in [1.29, 1.82) is 0 Å². The Hall–Kier alpha value is -0.570. The van der Waals surface area contributed by atoms with Crippen LogP contribution in [-0.4, -0.2) is 23.8 Å². The Kier molecular flexibility index (Phi) is 3.53. The highest BCUT2D eigenvalue weighted by Crippen LogP contribution is 2.24. The number of carbonyl (C=O) groups is 1. The van der Waals surface area contributed by atoms with E-state index in [1.807, 2.05) is 0 Å². The van der Waals surface area contributed by atoms with Crippen molar-refractivity contribution in [2.24, 2.45) is 5.92 Å². The molecular formula is C9H16O3. The molecule has 1 rings (SSSR count). The van der Waals surface area contributed by atoms with E-state index in [1.54, 1.807) is 6.92 Å². The molecule has 1 aliphatic rings. The van der Waals surface area contributed by atoms with Crippen molar-refractivity contribution in [2.75, 3.05) is 6.61 Å². The Bertz CT molecular complexity index is 156. The van der Waals surface area contributed by atoms with Gasteiger partial charge in [0, 0.05) is 0 Å². The van der Waals surface area contributed by atoms with Crippen LogP contribution in [0.15, 0.2) is 0 Å². The van der Waals surface area contributed by atoms with Crippen LogP contribution in [0.25, 0.3) is 0 Å². The van der Waals surface area contributed by atoms with Gasteiger partial charge in [-0.15, -0.1) is 0 Å². The Balaban J connectivity index is 2.35. The Morgan fingerprint density at radius 1 is 1.58 bits per heavy atom. The molecule has 0 amide bonds. The van der Waals surface area contributed by atoms with Crippen molar-refractivity contribution in [3.05, 3.63) is 0 Å². The first-order valence-electron chi connectivity index (χ1n) is 4.58. The maximum absolute atomic E-state index is 11.2. The SMILES string of the molecule is CCOC(=O)[C@@H]1CCC[C@H](O)C1. The first kappa shape index (κ1) is 9.52. The van der Waals surface area contributed by atoms with Gasteiger partial charge in [-0.2, -0.15) is 0 Å². The molecule has 3 nitrogen and oxygen atoms in total. The lowest BCUT2D eigenvalue weighted by Crippen LogP contribution is -2.27. The van der Waals surface area contributed by atoms with Crippen LogP contribution < -0.4 is 0 Å². The normalized spacial score (nSPS) is 29.8. The van der Waals surface area contributed by atoms with E-state index < -0.39 is 0 Å². The highest BCUT2D eigenvalue weighted by atomic mass is 16.5. The predicted molar refractivity (Wildman–Crippen MR) is 44.6 cm³/mol. The molecule has 0 aromatic rings. The number of hydrogen-bond donors (Lipinski definition) is 1. The summed E-state index contributed by atoms with van der Waals surface area (Å²) >= 11 is 0. The predicted octanol–water partition coefficient (Wildman–Crippen LogP) is 1.10. The van der Waals surface area contributed by atoms with Crippen LogP contribution in [-0.2, 0) is 9.53 Å². The molecule has 0 aromatic heterocycles. The summed E-state index contributed by atoms with van der Waals surface area (Å²) in [4.78, 5) is 11.2. The van der Waals surface area contributed by atoms with E-state index >= 15 is 0 Å². The van der Waals surface area contributed by atoms with Crippen LogP contribution in [0.2, 0.25) is 0 Å². The molecule has 3 heteroatoms. The molecule has 0 spiro atoms. The fourth-order valence-corrected chi connectivity index (χ4v) is 1.64. The Labute approximate surface area is 72.7 Å². The minimum Gasteiger partial charge on any atom is -0.466 e. The van der Waals surface area contributed by atoms with Gasteiger partial charge in [0.1, 0.15) is 0 Å². The van der Waals surface area contributed by atoms with E-state index in [4.69, 9.17) is 4.74 Å². The van der Waals surface area contributed by atoms with Gasteiger partial charge in [0.05, 0.1) is 18.6 Å². The fourth-order valence-electron chi connectivity index (χ4n) is 1.64. The van der Waals surface area contributed by atoms with Gasteiger partial charge in [0.2, 0.25) is 0 Å². The van der Waals surface area contributed by atoms with E-state index in [9.17, 15) is 9.90 Å². The average molecular weight is 172 g/mol. The second kappa shape index (κ2) is 4.45. The smallest absolute Gasteiger partial charge is 0.309 e. The maximum atomic E-state index is 11.2. The fraction of sp³-hybridized carbons (Fsp3) is 0.889. The number of aliphatic hydroxyl groups is 1. The summed E-state index contributed by atoms with van der Waals surface area (Å²) in [5.41, 5.74) is 0. The van der Waals surface area contributed by atoms with Crippen molar-refractivity contribution in [3.8, 4) is 0 Å². The zero-order valence-electron chi connectivity index (χ0n) is 7.45. The molecule has 0 radical (unpaired) electrons. The van der Waals surface area contributed by atoms with Crippen molar-refractivity contribution in [3.63, 3.8) is 0 Å². The van der Waals surface area contributed by atoms with Crippen molar-refractivity contribution in [1.82, 2.24) is 0 Å². The first-order valence-corrected chi connectivity index (χ1v) is 4.58. The second-order valence-electron chi connectivity index (χ2n) is 3.27. The number of hydrogen-bond acceptors (Lipinski definition) is 3. The second-order valence-corrected chi connectivity index (χ2v) is 3.27. The third-order valence-electron chi connectivity index (χ3n) is 2.27. The van der Waals surface area contributed by atoms with Gasteiger partial charge in [-0.1, -0.05) is 6.42 Å². The number of esters is 1. The van der Waals surface area contributed by atoms with Crippen molar-refractivity contribution < 1.29 is 14.6 Å². The number of carbonyl (C=O) groups excluding carboxylic acids is 1. The molecule has 0 heterocycles. The molecule has 0 aromatic carbocycles. The monoisotopic (exact) mass is 172 g/mol. The van der Waals surface area contributed by atoms with Crippen LogP contribution in [0, 0.1) is 5.92 Å². The van der Waals surface area contributed by atoms with Gasteiger partial charge in [0.15, 0.2) is 0 Å². The van der Waals surface area contributed by atoms with Gasteiger partial charge >= 0.3 is 5.97 Å². The summed E-state index contributed by atoms with van der Waals surface area (Å²) in [5.74, 6) is -0.204. The van der Waals surface area contributed by atoms with Crippen LogP contribution in [0.1, 0.15) is 32.6 Å². The summed E-state index contributed by atoms with van der Waals surface area (Å²) in [6, 6.07) is 0.